The second-order valence-electron chi connectivity index (χ2n) is 5.01. The van der Waals surface area contributed by atoms with Gasteiger partial charge >= 0.3 is 0 Å². The fourth-order valence-corrected chi connectivity index (χ4v) is 2.55. The molecule has 0 saturated heterocycles. The summed E-state index contributed by atoms with van der Waals surface area (Å²) >= 11 is 0. The molecule has 1 amide bonds. The minimum atomic E-state index is 0.131. The molecule has 0 radical (unpaired) electrons. The molecule has 3 nitrogen and oxygen atoms in total. The van der Waals surface area contributed by atoms with Crippen molar-refractivity contribution < 1.29 is 4.79 Å². The van der Waals surface area contributed by atoms with Crippen molar-refractivity contribution in [2.24, 2.45) is 5.41 Å². The average Bonchev–Trinajstić information content (AvgIpc) is 2.76. The van der Waals surface area contributed by atoms with Crippen molar-refractivity contribution in [3.8, 4) is 0 Å². The van der Waals surface area contributed by atoms with Crippen molar-refractivity contribution in [2.75, 3.05) is 19.6 Å². The second kappa shape index (κ2) is 6.89. The maximum absolute atomic E-state index is 11.4. The number of hydrogen-bond donors (Lipinski definition) is 2. The van der Waals surface area contributed by atoms with E-state index in [0.29, 0.717) is 12.0 Å². The minimum absolute atomic E-state index is 0.131. The summed E-state index contributed by atoms with van der Waals surface area (Å²) in [6.45, 7) is 6.60. The highest BCUT2D eigenvalue weighted by Crippen LogP contribution is 2.40. The van der Waals surface area contributed by atoms with Gasteiger partial charge in [0, 0.05) is 13.1 Å². The summed E-state index contributed by atoms with van der Waals surface area (Å²) in [5, 5.41) is 6.20. The van der Waals surface area contributed by atoms with E-state index in [1.54, 1.807) is 0 Å². The predicted molar refractivity (Wildman–Crippen MR) is 67.4 cm³/mol. The predicted octanol–water partition coefficient (Wildman–Crippen LogP) is 2.07. The van der Waals surface area contributed by atoms with Gasteiger partial charge in [0.15, 0.2) is 0 Å². The molecule has 3 heteroatoms. The van der Waals surface area contributed by atoms with Crippen LogP contribution in [0.2, 0.25) is 0 Å². The third-order valence-corrected chi connectivity index (χ3v) is 3.77. The first-order chi connectivity index (χ1) is 7.72. The van der Waals surface area contributed by atoms with Gasteiger partial charge in [0.1, 0.15) is 0 Å². The van der Waals surface area contributed by atoms with E-state index in [1.807, 2.05) is 0 Å². The molecule has 0 aromatic heterocycles. The number of rotatable bonds is 7. The lowest BCUT2D eigenvalue weighted by Gasteiger charge is -2.27. The largest absolute Gasteiger partial charge is 0.355 e. The van der Waals surface area contributed by atoms with E-state index >= 15 is 0 Å². The van der Waals surface area contributed by atoms with Crippen molar-refractivity contribution in [3.63, 3.8) is 0 Å². The monoisotopic (exact) mass is 226 g/mol. The van der Waals surface area contributed by atoms with Gasteiger partial charge < -0.3 is 10.6 Å². The van der Waals surface area contributed by atoms with Crippen LogP contribution in [-0.4, -0.2) is 25.5 Å². The molecule has 0 aliphatic heterocycles. The van der Waals surface area contributed by atoms with Crippen LogP contribution >= 0.6 is 0 Å². The van der Waals surface area contributed by atoms with Gasteiger partial charge in [-0.2, -0.15) is 0 Å². The molecule has 94 valence electrons. The number of nitrogens with one attached hydrogen (secondary N) is 2. The van der Waals surface area contributed by atoms with Crippen LogP contribution in [0.1, 0.15) is 52.4 Å². The molecule has 0 spiro atoms. The molecular formula is C13H26N2O. The van der Waals surface area contributed by atoms with Crippen LogP contribution in [0.25, 0.3) is 0 Å². The van der Waals surface area contributed by atoms with E-state index in [9.17, 15) is 4.79 Å². The first kappa shape index (κ1) is 13.5. The number of carbonyl (C=O) groups is 1. The summed E-state index contributed by atoms with van der Waals surface area (Å²) < 4.78 is 0. The smallest absolute Gasteiger partial charge is 0.233 e. The molecule has 0 atom stereocenters. The zero-order chi connectivity index (χ0) is 11.9. The number of hydrogen-bond acceptors (Lipinski definition) is 2. The topological polar surface area (TPSA) is 41.1 Å². The van der Waals surface area contributed by atoms with E-state index < -0.39 is 0 Å². The van der Waals surface area contributed by atoms with E-state index in [-0.39, 0.29) is 5.91 Å². The fourth-order valence-electron chi connectivity index (χ4n) is 2.55. The molecule has 0 aromatic carbocycles. The highest BCUT2D eigenvalue weighted by atomic mass is 16.1. The van der Waals surface area contributed by atoms with E-state index in [0.717, 1.165) is 19.5 Å². The summed E-state index contributed by atoms with van der Waals surface area (Å²) in [6.07, 6.45) is 7.61. The first-order valence-corrected chi connectivity index (χ1v) is 6.70. The Morgan fingerprint density at radius 3 is 2.50 bits per heavy atom. The summed E-state index contributed by atoms with van der Waals surface area (Å²) in [4.78, 5) is 11.4. The quantitative estimate of drug-likeness (QED) is 0.698. The van der Waals surface area contributed by atoms with Crippen molar-refractivity contribution in [2.45, 2.75) is 52.4 Å². The lowest BCUT2D eigenvalue weighted by atomic mass is 9.83. The van der Waals surface area contributed by atoms with Crippen molar-refractivity contribution in [3.05, 3.63) is 0 Å². The van der Waals surface area contributed by atoms with Crippen LogP contribution in [0, 0.1) is 5.41 Å². The normalized spacial score (nSPS) is 18.6. The Morgan fingerprint density at radius 2 is 1.94 bits per heavy atom. The molecule has 0 bridgehead atoms. The van der Waals surface area contributed by atoms with Gasteiger partial charge in [-0.05, 0) is 31.1 Å². The van der Waals surface area contributed by atoms with Gasteiger partial charge in [-0.3, -0.25) is 4.79 Å². The van der Waals surface area contributed by atoms with Gasteiger partial charge in [0.2, 0.25) is 5.91 Å². The Morgan fingerprint density at radius 1 is 1.25 bits per heavy atom. The average molecular weight is 226 g/mol. The number of carbonyl (C=O) groups excluding carboxylic acids is 1. The fraction of sp³-hybridized carbons (Fsp3) is 0.923. The van der Waals surface area contributed by atoms with Crippen LogP contribution in [0.15, 0.2) is 0 Å². The van der Waals surface area contributed by atoms with Crippen LogP contribution in [0.5, 0.6) is 0 Å². The summed E-state index contributed by atoms with van der Waals surface area (Å²) in [7, 11) is 0. The van der Waals surface area contributed by atoms with E-state index in [4.69, 9.17) is 0 Å². The van der Waals surface area contributed by atoms with Crippen LogP contribution < -0.4 is 10.6 Å². The maximum Gasteiger partial charge on any atom is 0.233 e. The molecule has 1 rings (SSSR count). The Kier molecular flexibility index (Phi) is 5.81. The molecule has 2 N–H and O–H groups in total. The lowest BCUT2D eigenvalue weighted by molar-refractivity contribution is -0.120. The Bertz CT molecular complexity index is 210. The third-order valence-electron chi connectivity index (χ3n) is 3.77. The van der Waals surface area contributed by atoms with Gasteiger partial charge in [-0.15, -0.1) is 0 Å². The van der Waals surface area contributed by atoms with E-state index in [1.165, 1.54) is 32.1 Å². The van der Waals surface area contributed by atoms with Gasteiger partial charge in [0.05, 0.1) is 6.54 Å². The highest BCUT2D eigenvalue weighted by Gasteiger charge is 2.31. The zero-order valence-electron chi connectivity index (χ0n) is 10.8. The van der Waals surface area contributed by atoms with Gasteiger partial charge in [-0.25, -0.2) is 0 Å². The van der Waals surface area contributed by atoms with Crippen molar-refractivity contribution >= 4 is 5.91 Å². The zero-order valence-corrected chi connectivity index (χ0v) is 10.8. The SMILES string of the molecule is CCCNC(=O)CNCC1(CC)CCCC1. The van der Waals surface area contributed by atoms with Crippen molar-refractivity contribution in [1.82, 2.24) is 10.6 Å². The molecule has 1 fully saturated rings. The molecule has 16 heavy (non-hydrogen) atoms. The Hall–Kier alpha value is -0.570. The Labute approximate surface area is 99.4 Å². The maximum atomic E-state index is 11.4. The number of amides is 1. The molecule has 1 aliphatic carbocycles. The molecule has 0 unspecified atom stereocenters. The molecule has 0 heterocycles. The molecule has 1 aliphatic rings. The van der Waals surface area contributed by atoms with Crippen molar-refractivity contribution in [1.29, 1.82) is 0 Å². The summed E-state index contributed by atoms with van der Waals surface area (Å²) in [6, 6.07) is 0. The Balaban J connectivity index is 2.16. The van der Waals surface area contributed by atoms with Gasteiger partial charge in [-0.1, -0.05) is 26.7 Å². The second-order valence-corrected chi connectivity index (χ2v) is 5.01. The minimum Gasteiger partial charge on any atom is -0.355 e. The molecule has 1 saturated carbocycles. The third kappa shape index (κ3) is 4.12. The molecule has 0 aromatic rings. The van der Waals surface area contributed by atoms with Crippen LogP contribution in [-0.2, 0) is 4.79 Å². The highest BCUT2D eigenvalue weighted by molar-refractivity contribution is 5.77. The summed E-state index contributed by atoms with van der Waals surface area (Å²) in [5.41, 5.74) is 0.477. The van der Waals surface area contributed by atoms with Crippen LogP contribution in [0.4, 0.5) is 0 Å². The lowest BCUT2D eigenvalue weighted by Crippen LogP contribution is -2.39. The molecular weight excluding hydrogens is 200 g/mol. The van der Waals surface area contributed by atoms with Gasteiger partial charge in [0.25, 0.3) is 0 Å². The summed E-state index contributed by atoms with van der Waals surface area (Å²) in [5.74, 6) is 0.131. The first-order valence-electron chi connectivity index (χ1n) is 6.70. The van der Waals surface area contributed by atoms with E-state index in [2.05, 4.69) is 24.5 Å². The van der Waals surface area contributed by atoms with Crippen LogP contribution in [0.3, 0.4) is 0 Å². The standard InChI is InChI=1S/C13H26N2O/c1-3-9-15-12(16)10-14-11-13(4-2)7-5-6-8-13/h14H,3-11H2,1-2H3,(H,15,16).